The van der Waals surface area contributed by atoms with Crippen molar-refractivity contribution in [3.63, 3.8) is 0 Å². The third kappa shape index (κ3) is 4.21. The van der Waals surface area contributed by atoms with E-state index in [2.05, 4.69) is 6.30 Å². The van der Waals surface area contributed by atoms with Crippen LogP contribution in [-0.4, -0.2) is 25.7 Å². The Bertz CT molecular complexity index is 175. The van der Waals surface area contributed by atoms with Gasteiger partial charge in [0.2, 0.25) is 0 Å². The van der Waals surface area contributed by atoms with Gasteiger partial charge < -0.3 is 9.05 Å². The summed E-state index contributed by atoms with van der Waals surface area (Å²) in [5.41, 5.74) is 0. The summed E-state index contributed by atoms with van der Waals surface area (Å²) >= 11 is 0. The minimum absolute atomic E-state index is 0.272. The van der Waals surface area contributed by atoms with Crippen LogP contribution in [0.2, 0.25) is 0 Å². The van der Waals surface area contributed by atoms with Crippen LogP contribution in [0.5, 0.6) is 0 Å². The maximum atomic E-state index is 8.43. The van der Waals surface area contributed by atoms with Crippen molar-refractivity contribution in [1.29, 1.82) is 5.26 Å². The van der Waals surface area contributed by atoms with Gasteiger partial charge in [-0.3, -0.25) is 0 Å². The van der Waals surface area contributed by atoms with E-state index in [1.165, 1.54) is 0 Å². The van der Waals surface area contributed by atoms with Crippen molar-refractivity contribution in [1.82, 2.24) is 0 Å². The van der Waals surface area contributed by atoms with Gasteiger partial charge in [0, 0.05) is 0 Å². The molecular weight excluding hydrogens is 161 g/mol. The standard InChI is InChI=1S/C7H14NO2P/c1-4-9-11(3,7-6-8)10-5-2/h3-5,7H2,1-2H3. The molecule has 0 saturated heterocycles. The fraction of sp³-hybridized carbons (Fsp3) is 0.714. The first-order chi connectivity index (χ1) is 5.18. The zero-order valence-electron chi connectivity index (χ0n) is 7.04. The van der Waals surface area contributed by atoms with E-state index in [1.54, 1.807) is 0 Å². The summed E-state index contributed by atoms with van der Waals surface area (Å²) in [5, 5.41) is 8.43. The van der Waals surface area contributed by atoms with E-state index >= 15 is 0 Å². The predicted octanol–water partition coefficient (Wildman–Crippen LogP) is 1.86. The third-order valence-corrected chi connectivity index (χ3v) is 3.12. The topological polar surface area (TPSA) is 42.2 Å². The van der Waals surface area contributed by atoms with Crippen LogP contribution >= 0.6 is 7.34 Å². The van der Waals surface area contributed by atoms with Crippen molar-refractivity contribution in [2.45, 2.75) is 13.8 Å². The number of nitriles is 1. The average molecular weight is 175 g/mol. The van der Waals surface area contributed by atoms with Gasteiger partial charge in [-0.25, -0.2) is 0 Å². The smallest absolute Gasteiger partial charge is 0.131 e. The van der Waals surface area contributed by atoms with Crippen LogP contribution in [0, 0.1) is 11.3 Å². The molecule has 0 N–H and O–H groups in total. The molecule has 0 spiro atoms. The molecule has 3 nitrogen and oxygen atoms in total. The third-order valence-electron chi connectivity index (χ3n) is 1.04. The predicted molar refractivity (Wildman–Crippen MR) is 47.8 cm³/mol. The summed E-state index contributed by atoms with van der Waals surface area (Å²) < 4.78 is 10.5. The van der Waals surface area contributed by atoms with Crippen molar-refractivity contribution in [3.05, 3.63) is 0 Å². The lowest BCUT2D eigenvalue weighted by molar-refractivity contribution is 0.267. The van der Waals surface area contributed by atoms with Gasteiger partial charge in [0.25, 0.3) is 0 Å². The molecule has 64 valence electrons. The summed E-state index contributed by atoms with van der Waals surface area (Å²) in [7, 11) is -2.08. The first-order valence-corrected chi connectivity index (χ1v) is 5.56. The van der Waals surface area contributed by atoms with Gasteiger partial charge in [-0.1, -0.05) is 6.30 Å². The molecule has 0 bridgehead atoms. The van der Waals surface area contributed by atoms with Crippen LogP contribution in [0.3, 0.4) is 0 Å². The molecule has 11 heavy (non-hydrogen) atoms. The highest BCUT2D eigenvalue weighted by Crippen LogP contribution is 2.46. The van der Waals surface area contributed by atoms with Crippen LogP contribution in [0.25, 0.3) is 0 Å². The molecule has 0 heterocycles. The van der Waals surface area contributed by atoms with Crippen molar-refractivity contribution in [2.75, 3.05) is 19.4 Å². The van der Waals surface area contributed by atoms with Crippen LogP contribution < -0.4 is 0 Å². The van der Waals surface area contributed by atoms with E-state index in [9.17, 15) is 0 Å². The van der Waals surface area contributed by atoms with Crippen molar-refractivity contribution in [2.24, 2.45) is 0 Å². The minimum atomic E-state index is -2.08. The first-order valence-electron chi connectivity index (χ1n) is 3.57. The normalized spacial score (nSPS) is 11.0. The summed E-state index contributed by atoms with van der Waals surface area (Å²) in [6.45, 7) is 4.85. The van der Waals surface area contributed by atoms with Gasteiger partial charge in [0.05, 0.1) is 19.3 Å². The number of hydrogen-bond donors (Lipinski definition) is 0. The Morgan fingerprint density at radius 3 is 2.09 bits per heavy atom. The van der Waals surface area contributed by atoms with Crippen molar-refractivity contribution >= 4 is 13.6 Å². The molecule has 0 atom stereocenters. The molecular formula is C7H14NO2P. The Morgan fingerprint density at radius 1 is 1.36 bits per heavy atom. The SMILES string of the molecule is C=P(CC#N)(OCC)OCC. The Morgan fingerprint density at radius 2 is 1.82 bits per heavy atom. The summed E-state index contributed by atoms with van der Waals surface area (Å²) in [6.07, 6.45) is 4.06. The zero-order chi connectivity index (χ0) is 8.74. The second-order valence-corrected chi connectivity index (χ2v) is 4.43. The Labute approximate surface area is 68.1 Å². The molecule has 0 radical (unpaired) electrons. The highest BCUT2D eigenvalue weighted by atomic mass is 31.2. The second-order valence-electron chi connectivity index (χ2n) is 1.97. The molecule has 0 saturated carbocycles. The van der Waals surface area contributed by atoms with E-state index in [-0.39, 0.29) is 6.16 Å². The van der Waals surface area contributed by atoms with Crippen LogP contribution in [-0.2, 0) is 9.05 Å². The monoisotopic (exact) mass is 175 g/mol. The summed E-state index contributed by atoms with van der Waals surface area (Å²) in [5.74, 6) is 0. The van der Waals surface area contributed by atoms with E-state index in [1.807, 2.05) is 19.9 Å². The molecule has 0 amide bonds. The molecule has 4 heteroatoms. The fourth-order valence-corrected chi connectivity index (χ4v) is 2.12. The molecule has 0 rings (SSSR count). The molecule has 0 unspecified atom stereocenters. The highest BCUT2D eigenvalue weighted by molar-refractivity contribution is 7.64. The highest BCUT2D eigenvalue weighted by Gasteiger charge is 2.12. The molecule has 0 aromatic rings. The van der Waals surface area contributed by atoms with Crippen LogP contribution in [0.1, 0.15) is 13.8 Å². The maximum Gasteiger partial charge on any atom is 0.131 e. The van der Waals surface area contributed by atoms with E-state index < -0.39 is 7.34 Å². The zero-order valence-corrected chi connectivity index (χ0v) is 7.93. The first kappa shape index (κ1) is 10.7. The summed E-state index contributed by atoms with van der Waals surface area (Å²) in [6, 6.07) is 2.01. The average Bonchev–Trinajstić information content (AvgIpc) is 1.88. The fourth-order valence-electron chi connectivity index (χ4n) is 0.707. The lowest BCUT2D eigenvalue weighted by atomic mass is 10.9. The number of hydrogen-bond acceptors (Lipinski definition) is 3. The number of nitrogens with zero attached hydrogens (tertiary/aromatic N) is 1. The second kappa shape index (κ2) is 5.37. The lowest BCUT2D eigenvalue weighted by Crippen LogP contribution is -1.98. The molecule has 0 aromatic heterocycles. The molecule has 0 aliphatic rings. The van der Waals surface area contributed by atoms with E-state index in [0.717, 1.165) is 0 Å². The van der Waals surface area contributed by atoms with Gasteiger partial charge in [-0.05, 0) is 13.8 Å². The molecule has 0 fully saturated rings. The maximum absolute atomic E-state index is 8.43. The Hall–Kier alpha value is -0.290. The van der Waals surface area contributed by atoms with Crippen molar-refractivity contribution in [3.8, 4) is 6.07 Å². The van der Waals surface area contributed by atoms with Gasteiger partial charge in [-0.15, -0.1) is 0 Å². The largest absolute Gasteiger partial charge is 0.337 e. The van der Waals surface area contributed by atoms with Gasteiger partial charge in [0.1, 0.15) is 13.5 Å². The van der Waals surface area contributed by atoms with Crippen molar-refractivity contribution < 1.29 is 9.05 Å². The molecule has 0 aromatic carbocycles. The van der Waals surface area contributed by atoms with Gasteiger partial charge in [0.15, 0.2) is 0 Å². The van der Waals surface area contributed by atoms with Gasteiger partial charge in [-0.2, -0.15) is 5.26 Å². The van der Waals surface area contributed by atoms with E-state index in [0.29, 0.717) is 13.2 Å². The molecule has 0 aliphatic heterocycles. The quantitative estimate of drug-likeness (QED) is 0.599. The lowest BCUT2D eigenvalue weighted by Gasteiger charge is -2.19. The summed E-state index contributed by atoms with van der Waals surface area (Å²) in [4.78, 5) is 0. The van der Waals surface area contributed by atoms with Crippen LogP contribution in [0.15, 0.2) is 0 Å². The van der Waals surface area contributed by atoms with Crippen LogP contribution in [0.4, 0.5) is 0 Å². The Kier molecular flexibility index (Phi) is 5.23. The Balaban J connectivity index is 4.04. The minimum Gasteiger partial charge on any atom is -0.337 e. The van der Waals surface area contributed by atoms with E-state index in [4.69, 9.17) is 14.3 Å². The molecule has 0 aliphatic carbocycles. The van der Waals surface area contributed by atoms with Gasteiger partial charge >= 0.3 is 0 Å². The number of rotatable bonds is 5.